The number of hydrogen-bond acceptors (Lipinski definition) is 6. The minimum absolute atomic E-state index is 0.153. The average Bonchev–Trinajstić information content (AvgIpc) is 3.41. The summed E-state index contributed by atoms with van der Waals surface area (Å²) in [6.07, 6.45) is 3.55. The Labute approximate surface area is 171 Å². The lowest BCUT2D eigenvalue weighted by molar-refractivity contribution is 0.581. The fourth-order valence-electron chi connectivity index (χ4n) is 2.97. The second-order valence-corrected chi connectivity index (χ2v) is 8.45. The van der Waals surface area contributed by atoms with Gasteiger partial charge in [-0.3, -0.25) is 0 Å². The highest BCUT2D eigenvalue weighted by Crippen LogP contribution is 2.38. The molecule has 28 heavy (non-hydrogen) atoms. The molecule has 2 unspecified atom stereocenters. The Morgan fingerprint density at radius 3 is 1.43 bits per heavy atom. The number of rotatable bonds is 7. The first kappa shape index (κ1) is 18.8. The van der Waals surface area contributed by atoms with Crippen molar-refractivity contribution in [2.24, 2.45) is 0 Å². The van der Waals surface area contributed by atoms with Crippen LogP contribution in [0.15, 0.2) is 83.6 Å². The van der Waals surface area contributed by atoms with Crippen LogP contribution in [-0.2, 0) is 0 Å². The smallest absolute Gasteiger partial charge is 0.202 e. The summed E-state index contributed by atoms with van der Waals surface area (Å²) in [6, 6.07) is 21.0. The maximum atomic E-state index is 4.29. The van der Waals surface area contributed by atoms with Gasteiger partial charge in [-0.2, -0.15) is 0 Å². The van der Waals surface area contributed by atoms with Gasteiger partial charge in [-0.15, -0.1) is 20.4 Å². The van der Waals surface area contributed by atoms with E-state index in [2.05, 4.69) is 67.6 Å². The van der Waals surface area contributed by atoms with E-state index in [9.17, 15) is 0 Å². The van der Waals surface area contributed by atoms with Gasteiger partial charge in [0.15, 0.2) is 0 Å². The molecule has 4 rings (SSSR count). The zero-order valence-corrected chi connectivity index (χ0v) is 17.2. The first-order valence-electron chi connectivity index (χ1n) is 8.97. The molecule has 0 spiro atoms. The summed E-state index contributed by atoms with van der Waals surface area (Å²) in [5, 5.41) is 18.5. The maximum Gasteiger partial charge on any atom is 0.202 e. The number of nitrogens with zero attached hydrogens (tertiary/aromatic N) is 6. The van der Waals surface area contributed by atoms with Gasteiger partial charge in [0.1, 0.15) is 12.7 Å². The van der Waals surface area contributed by atoms with Crippen LogP contribution in [0.3, 0.4) is 0 Å². The van der Waals surface area contributed by atoms with Gasteiger partial charge in [0.25, 0.3) is 0 Å². The summed E-state index contributed by atoms with van der Waals surface area (Å²) in [6.45, 7) is 4.29. The second-order valence-electron chi connectivity index (χ2n) is 6.38. The highest BCUT2D eigenvalue weighted by molar-refractivity contribution is 8.76. The SMILES string of the molecule is CC(c1ccccc1)n1cnnc1SSc1nncn1C(C)c1ccccc1. The van der Waals surface area contributed by atoms with E-state index in [0.29, 0.717) is 0 Å². The van der Waals surface area contributed by atoms with Crippen LogP contribution >= 0.6 is 21.6 Å². The quantitative estimate of drug-likeness (QED) is 0.406. The van der Waals surface area contributed by atoms with E-state index in [4.69, 9.17) is 0 Å². The molecule has 2 heterocycles. The predicted molar refractivity (Wildman–Crippen MR) is 112 cm³/mol. The molecule has 0 aliphatic carbocycles. The molecule has 0 saturated carbocycles. The standard InChI is InChI=1S/C20H20N6S2/c1-15(17-9-5-3-6-10-17)25-13-21-23-19(25)27-28-20-24-22-14-26(20)16(2)18-11-7-4-8-12-18/h3-16H,1-2H3. The van der Waals surface area contributed by atoms with E-state index in [0.717, 1.165) is 10.3 Å². The molecule has 142 valence electrons. The maximum absolute atomic E-state index is 4.29. The van der Waals surface area contributed by atoms with E-state index in [-0.39, 0.29) is 12.1 Å². The molecular weight excluding hydrogens is 388 g/mol. The Morgan fingerprint density at radius 1 is 0.643 bits per heavy atom. The number of aromatic nitrogens is 6. The minimum atomic E-state index is 0.153. The van der Waals surface area contributed by atoms with Gasteiger partial charge >= 0.3 is 0 Å². The van der Waals surface area contributed by atoms with Crippen LogP contribution < -0.4 is 0 Å². The Morgan fingerprint density at radius 2 is 1.04 bits per heavy atom. The summed E-state index contributed by atoms with van der Waals surface area (Å²) < 4.78 is 4.16. The van der Waals surface area contributed by atoms with E-state index in [1.54, 1.807) is 34.2 Å². The average molecular weight is 409 g/mol. The number of benzene rings is 2. The normalized spacial score (nSPS) is 13.4. The van der Waals surface area contributed by atoms with Crippen molar-refractivity contribution in [3.05, 3.63) is 84.4 Å². The van der Waals surface area contributed by atoms with E-state index in [1.807, 2.05) is 36.4 Å². The second kappa shape index (κ2) is 8.62. The lowest BCUT2D eigenvalue weighted by Gasteiger charge is -2.16. The Kier molecular flexibility index (Phi) is 5.78. The third-order valence-electron chi connectivity index (χ3n) is 4.67. The molecule has 0 N–H and O–H groups in total. The highest BCUT2D eigenvalue weighted by Gasteiger charge is 2.17. The van der Waals surface area contributed by atoms with E-state index < -0.39 is 0 Å². The van der Waals surface area contributed by atoms with Crippen LogP contribution in [0.1, 0.15) is 37.1 Å². The molecule has 0 aliphatic heterocycles. The molecule has 0 fully saturated rings. The van der Waals surface area contributed by atoms with Crippen LogP contribution in [-0.4, -0.2) is 29.5 Å². The summed E-state index contributed by atoms with van der Waals surface area (Å²) >= 11 is 0. The molecule has 0 saturated heterocycles. The lowest BCUT2D eigenvalue weighted by atomic mass is 10.1. The number of hydrogen-bond donors (Lipinski definition) is 0. The van der Waals surface area contributed by atoms with Gasteiger partial charge in [-0.1, -0.05) is 60.7 Å². The van der Waals surface area contributed by atoms with Gasteiger partial charge in [-0.25, -0.2) is 0 Å². The summed E-state index contributed by atoms with van der Waals surface area (Å²) in [4.78, 5) is 0. The molecular formula is C20H20N6S2. The zero-order valence-electron chi connectivity index (χ0n) is 15.6. The van der Waals surface area contributed by atoms with Crippen molar-refractivity contribution in [2.45, 2.75) is 36.2 Å². The van der Waals surface area contributed by atoms with E-state index >= 15 is 0 Å². The van der Waals surface area contributed by atoms with Crippen LogP contribution in [0.5, 0.6) is 0 Å². The van der Waals surface area contributed by atoms with Gasteiger partial charge in [0, 0.05) is 0 Å². The molecule has 6 nitrogen and oxygen atoms in total. The molecule has 2 aromatic carbocycles. The van der Waals surface area contributed by atoms with Gasteiger partial charge in [0.2, 0.25) is 10.3 Å². The van der Waals surface area contributed by atoms with Crippen LogP contribution in [0.4, 0.5) is 0 Å². The van der Waals surface area contributed by atoms with Crippen LogP contribution in [0.2, 0.25) is 0 Å². The van der Waals surface area contributed by atoms with Crippen molar-refractivity contribution >= 4 is 21.6 Å². The minimum Gasteiger partial charge on any atom is -0.301 e. The third-order valence-corrected chi connectivity index (χ3v) is 6.78. The summed E-state index contributed by atoms with van der Waals surface area (Å²) in [5.74, 6) is 0. The largest absolute Gasteiger partial charge is 0.301 e. The highest BCUT2D eigenvalue weighted by atomic mass is 33.1. The van der Waals surface area contributed by atoms with Gasteiger partial charge < -0.3 is 9.13 Å². The molecule has 0 amide bonds. The molecule has 0 bridgehead atoms. The first-order chi connectivity index (χ1) is 13.7. The zero-order chi connectivity index (χ0) is 19.3. The lowest BCUT2D eigenvalue weighted by Crippen LogP contribution is -2.07. The van der Waals surface area contributed by atoms with E-state index in [1.165, 1.54) is 11.1 Å². The Bertz CT molecular complexity index is 932. The van der Waals surface area contributed by atoms with Crippen molar-refractivity contribution < 1.29 is 0 Å². The molecule has 4 aromatic rings. The third kappa shape index (κ3) is 3.98. The summed E-state index contributed by atoms with van der Waals surface area (Å²) in [5.41, 5.74) is 2.44. The molecule has 2 atom stereocenters. The summed E-state index contributed by atoms with van der Waals surface area (Å²) in [7, 11) is 3.09. The molecule has 2 aromatic heterocycles. The van der Waals surface area contributed by atoms with Crippen molar-refractivity contribution in [3.8, 4) is 0 Å². The topological polar surface area (TPSA) is 61.4 Å². The fourth-order valence-corrected chi connectivity index (χ4v) is 5.03. The monoisotopic (exact) mass is 408 g/mol. The molecule has 8 heteroatoms. The van der Waals surface area contributed by atoms with Gasteiger partial charge in [0.05, 0.1) is 12.1 Å². The Hall–Kier alpha value is -2.58. The fraction of sp³-hybridized carbons (Fsp3) is 0.200. The molecule has 0 aliphatic rings. The van der Waals surface area contributed by atoms with Crippen molar-refractivity contribution in [2.75, 3.05) is 0 Å². The van der Waals surface area contributed by atoms with Crippen LogP contribution in [0, 0.1) is 0 Å². The molecule has 0 radical (unpaired) electrons. The predicted octanol–water partition coefficient (Wildman–Crippen LogP) is 4.89. The van der Waals surface area contributed by atoms with Crippen molar-refractivity contribution in [3.63, 3.8) is 0 Å². The van der Waals surface area contributed by atoms with Crippen molar-refractivity contribution in [1.29, 1.82) is 0 Å². The van der Waals surface area contributed by atoms with Crippen molar-refractivity contribution in [1.82, 2.24) is 29.5 Å². The Balaban J connectivity index is 1.50. The van der Waals surface area contributed by atoms with Gasteiger partial charge in [-0.05, 0) is 46.6 Å². The first-order valence-corrected chi connectivity index (χ1v) is 11.1. The van der Waals surface area contributed by atoms with Crippen LogP contribution in [0.25, 0.3) is 0 Å².